The van der Waals surface area contributed by atoms with Gasteiger partial charge in [-0.05, 0) is 32.1 Å². The predicted molar refractivity (Wildman–Crippen MR) is 84.7 cm³/mol. The van der Waals surface area contributed by atoms with Crippen LogP contribution in [-0.2, 0) is 11.3 Å². The summed E-state index contributed by atoms with van der Waals surface area (Å²) in [6, 6.07) is 2.07. The van der Waals surface area contributed by atoms with E-state index in [1.165, 1.54) is 25.7 Å². The number of ether oxygens (including phenoxy) is 1. The average molecular weight is 292 g/mol. The Balaban J connectivity index is 1.76. The number of nitrogens with zero attached hydrogens (tertiary/aromatic N) is 3. The normalized spacial score (nSPS) is 28.0. The molecule has 1 N–H and O–H groups in total. The minimum atomic E-state index is 0.632. The molecule has 1 aromatic heterocycles. The molecule has 21 heavy (non-hydrogen) atoms. The van der Waals surface area contributed by atoms with Crippen molar-refractivity contribution in [3.05, 3.63) is 12.4 Å². The summed E-state index contributed by atoms with van der Waals surface area (Å²) in [5.41, 5.74) is 0. The average Bonchev–Trinajstić information content (AvgIpc) is 3.09. The highest BCUT2D eigenvalue weighted by Crippen LogP contribution is 2.31. The second-order valence-corrected chi connectivity index (χ2v) is 6.37. The first kappa shape index (κ1) is 14.9. The van der Waals surface area contributed by atoms with Crippen LogP contribution in [0.2, 0.25) is 0 Å². The largest absolute Gasteiger partial charge is 0.383 e. The zero-order chi connectivity index (χ0) is 14.7. The molecule has 2 aliphatic heterocycles. The van der Waals surface area contributed by atoms with E-state index in [0.717, 1.165) is 44.1 Å². The Bertz CT molecular complexity index is 435. The standard InChI is InChI=1S/C16H28N4O/c1-3-7-20(15-11-13-4-5-14(12-15)18-13)16-17-6-8-19(16)9-10-21-2/h6,8,13-15,18H,3-5,7,9-12H2,1-2H3. The summed E-state index contributed by atoms with van der Waals surface area (Å²) in [5.74, 6) is 1.13. The molecular formula is C16H28N4O. The maximum absolute atomic E-state index is 5.22. The van der Waals surface area contributed by atoms with Crippen LogP contribution in [0.25, 0.3) is 0 Å². The predicted octanol–water partition coefficient (Wildman–Crippen LogP) is 2.03. The number of methoxy groups -OCH3 is 1. The number of piperidine rings is 1. The number of hydrogen-bond donors (Lipinski definition) is 1. The molecule has 2 atom stereocenters. The monoisotopic (exact) mass is 292 g/mol. The maximum Gasteiger partial charge on any atom is 0.205 e. The van der Waals surface area contributed by atoms with Crippen LogP contribution in [0.5, 0.6) is 0 Å². The van der Waals surface area contributed by atoms with Gasteiger partial charge in [-0.2, -0.15) is 0 Å². The molecule has 2 saturated heterocycles. The summed E-state index contributed by atoms with van der Waals surface area (Å²) >= 11 is 0. The second kappa shape index (κ2) is 6.79. The Labute approximate surface area is 127 Å². The smallest absolute Gasteiger partial charge is 0.205 e. The van der Waals surface area contributed by atoms with Crippen molar-refractivity contribution in [1.29, 1.82) is 0 Å². The van der Waals surface area contributed by atoms with Gasteiger partial charge in [-0.3, -0.25) is 0 Å². The van der Waals surface area contributed by atoms with Gasteiger partial charge in [0.1, 0.15) is 0 Å². The summed E-state index contributed by atoms with van der Waals surface area (Å²) in [6.07, 6.45) is 10.4. The van der Waals surface area contributed by atoms with Crippen molar-refractivity contribution < 1.29 is 4.74 Å². The van der Waals surface area contributed by atoms with E-state index in [-0.39, 0.29) is 0 Å². The fourth-order valence-electron chi connectivity index (χ4n) is 3.89. The fourth-order valence-corrected chi connectivity index (χ4v) is 3.89. The summed E-state index contributed by atoms with van der Waals surface area (Å²) < 4.78 is 7.46. The SMILES string of the molecule is CCCN(c1nccn1CCOC)C1CC2CCC(C1)N2. The molecule has 3 rings (SSSR count). The van der Waals surface area contributed by atoms with Gasteiger partial charge in [-0.25, -0.2) is 4.98 Å². The van der Waals surface area contributed by atoms with Crippen molar-refractivity contribution >= 4 is 5.95 Å². The van der Waals surface area contributed by atoms with E-state index >= 15 is 0 Å². The van der Waals surface area contributed by atoms with Crippen LogP contribution >= 0.6 is 0 Å². The molecule has 118 valence electrons. The molecule has 0 amide bonds. The number of imidazole rings is 1. The Kier molecular flexibility index (Phi) is 4.80. The summed E-state index contributed by atoms with van der Waals surface area (Å²) in [5, 5.41) is 3.74. The maximum atomic E-state index is 5.22. The zero-order valence-electron chi connectivity index (χ0n) is 13.3. The molecule has 0 aliphatic carbocycles. The molecule has 0 saturated carbocycles. The zero-order valence-corrected chi connectivity index (χ0v) is 13.3. The Morgan fingerprint density at radius 3 is 2.81 bits per heavy atom. The fraction of sp³-hybridized carbons (Fsp3) is 0.812. The van der Waals surface area contributed by atoms with Crippen LogP contribution in [0.3, 0.4) is 0 Å². The summed E-state index contributed by atoms with van der Waals surface area (Å²) in [6.45, 7) is 4.96. The molecule has 3 heterocycles. The molecule has 5 nitrogen and oxygen atoms in total. The first-order valence-corrected chi connectivity index (χ1v) is 8.34. The number of nitrogens with one attached hydrogen (secondary N) is 1. The first-order chi connectivity index (χ1) is 10.3. The number of aromatic nitrogens is 2. The third kappa shape index (κ3) is 3.24. The van der Waals surface area contributed by atoms with E-state index in [1.54, 1.807) is 7.11 Å². The van der Waals surface area contributed by atoms with Gasteiger partial charge >= 0.3 is 0 Å². The highest BCUT2D eigenvalue weighted by molar-refractivity contribution is 5.34. The third-order valence-corrected chi connectivity index (χ3v) is 4.84. The molecular weight excluding hydrogens is 264 g/mol. The Morgan fingerprint density at radius 1 is 1.38 bits per heavy atom. The van der Waals surface area contributed by atoms with Crippen molar-refractivity contribution in [2.75, 3.05) is 25.2 Å². The summed E-state index contributed by atoms with van der Waals surface area (Å²) in [4.78, 5) is 7.19. The Hall–Kier alpha value is -1.07. The lowest BCUT2D eigenvalue weighted by atomic mass is 9.98. The van der Waals surface area contributed by atoms with Gasteiger partial charge in [-0.15, -0.1) is 0 Å². The number of anilines is 1. The van der Waals surface area contributed by atoms with Crippen LogP contribution in [0.4, 0.5) is 5.95 Å². The van der Waals surface area contributed by atoms with E-state index in [1.807, 2.05) is 6.20 Å². The van der Waals surface area contributed by atoms with Gasteiger partial charge in [0.05, 0.1) is 6.61 Å². The van der Waals surface area contributed by atoms with Crippen molar-refractivity contribution in [2.45, 2.75) is 63.7 Å². The molecule has 0 aromatic carbocycles. The van der Waals surface area contributed by atoms with Gasteiger partial charge in [0, 0.05) is 50.7 Å². The van der Waals surface area contributed by atoms with Crippen molar-refractivity contribution in [3.63, 3.8) is 0 Å². The molecule has 2 bridgehead atoms. The van der Waals surface area contributed by atoms with Gasteiger partial charge in [0.25, 0.3) is 0 Å². The van der Waals surface area contributed by atoms with Crippen LogP contribution in [-0.4, -0.2) is 47.9 Å². The minimum absolute atomic E-state index is 0.632. The first-order valence-electron chi connectivity index (χ1n) is 8.34. The lowest BCUT2D eigenvalue weighted by molar-refractivity contribution is 0.187. The molecule has 2 fully saturated rings. The number of hydrogen-bond acceptors (Lipinski definition) is 4. The van der Waals surface area contributed by atoms with E-state index in [2.05, 4.69) is 32.9 Å². The lowest BCUT2D eigenvalue weighted by Crippen LogP contribution is -2.49. The number of rotatable bonds is 7. The van der Waals surface area contributed by atoms with E-state index in [0.29, 0.717) is 6.04 Å². The van der Waals surface area contributed by atoms with Crippen molar-refractivity contribution in [1.82, 2.24) is 14.9 Å². The molecule has 0 spiro atoms. The topological polar surface area (TPSA) is 42.3 Å². The second-order valence-electron chi connectivity index (χ2n) is 6.37. The van der Waals surface area contributed by atoms with Gasteiger partial charge in [-0.1, -0.05) is 6.92 Å². The van der Waals surface area contributed by atoms with Crippen LogP contribution in [0, 0.1) is 0 Å². The molecule has 0 radical (unpaired) electrons. The highest BCUT2D eigenvalue weighted by Gasteiger charge is 2.36. The van der Waals surface area contributed by atoms with E-state index in [4.69, 9.17) is 4.74 Å². The molecule has 1 aromatic rings. The van der Waals surface area contributed by atoms with Crippen LogP contribution < -0.4 is 10.2 Å². The van der Waals surface area contributed by atoms with E-state index in [9.17, 15) is 0 Å². The van der Waals surface area contributed by atoms with Crippen molar-refractivity contribution in [2.24, 2.45) is 0 Å². The Morgan fingerprint density at radius 2 is 2.14 bits per heavy atom. The van der Waals surface area contributed by atoms with Crippen LogP contribution in [0.1, 0.15) is 39.0 Å². The molecule has 2 unspecified atom stereocenters. The molecule has 5 heteroatoms. The van der Waals surface area contributed by atoms with Gasteiger partial charge in [0.2, 0.25) is 5.95 Å². The van der Waals surface area contributed by atoms with Crippen molar-refractivity contribution in [3.8, 4) is 0 Å². The summed E-state index contributed by atoms with van der Waals surface area (Å²) in [7, 11) is 1.75. The van der Waals surface area contributed by atoms with Crippen LogP contribution in [0.15, 0.2) is 12.4 Å². The molecule has 2 aliphatic rings. The minimum Gasteiger partial charge on any atom is -0.383 e. The lowest BCUT2D eigenvalue weighted by Gasteiger charge is -2.38. The van der Waals surface area contributed by atoms with Gasteiger partial charge in [0.15, 0.2) is 0 Å². The van der Waals surface area contributed by atoms with Gasteiger partial charge < -0.3 is 19.5 Å². The third-order valence-electron chi connectivity index (χ3n) is 4.84. The highest BCUT2D eigenvalue weighted by atomic mass is 16.5. The van der Waals surface area contributed by atoms with E-state index < -0.39 is 0 Å². The quantitative estimate of drug-likeness (QED) is 0.835. The number of fused-ring (bicyclic) bond motifs is 2.